The number of carbonyl (C=O) groups excluding carboxylic acids is 2. The molecule has 35 heavy (non-hydrogen) atoms. The van der Waals surface area contributed by atoms with Gasteiger partial charge < -0.3 is 14.2 Å². The molecule has 3 heterocycles. The number of nitrogens with zero attached hydrogens (tertiary/aromatic N) is 4. The van der Waals surface area contributed by atoms with Crippen molar-refractivity contribution in [3.8, 4) is 0 Å². The second kappa shape index (κ2) is 9.64. The Labute approximate surface area is 198 Å². The second-order valence-electron chi connectivity index (χ2n) is 7.67. The van der Waals surface area contributed by atoms with Crippen LogP contribution in [0.5, 0.6) is 0 Å². The highest BCUT2D eigenvalue weighted by Gasteiger charge is 2.36. The molecule has 0 aliphatic rings. The summed E-state index contributed by atoms with van der Waals surface area (Å²) in [4.78, 5) is 28.2. The maximum absolute atomic E-state index is 15.0. The minimum absolute atomic E-state index is 0.0727. The standard InChI is InChI=1S/C25H20FN5O4/c26-18-8-1-3-10-20(18)31(23(32)16-30-21-11-4-2-9-19(21)28-29-30)24(22-12-6-14-35-22)25(33)27-15-17-7-5-13-34-17/h1-14,24H,15-16H2,(H,27,33)/t24-/m0/s1. The quantitative estimate of drug-likeness (QED) is 0.367. The van der Waals surface area contributed by atoms with Gasteiger partial charge in [-0.3, -0.25) is 14.5 Å². The lowest BCUT2D eigenvalue weighted by molar-refractivity contribution is -0.127. The fourth-order valence-corrected chi connectivity index (χ4v) is 3.81. The van der Waals surface area contributed by atoms with E-state index >= 15 is 4.39 Å². The number of aromatic nitrogens is 3. The van der Waals surface area contributed by atoms with Crippen LogP contribution >= 0.6 is 0 Å². The van der Waals surface area contributed by atoms with Crippen molar-refractivity contribution >= 4 is 28.5 Å². The van der Waals surface area contributed by atoms with Crippen LogP contribution in [-0.2, 0) is 22.7 Å². The maximum Gasteiger partial charge on any atom is 0.251 e. The number of fused-ring (bicyclic) bond motifs is 1. The molecule has 1 atom stereocenters. The number of halogens is 1. The van der Waals surface area contributed by atoms with Crippen molar-refractivity contribution < 1.29 is 22.8 Å². The molecule has 0 fully saturated rings. The van der Waals surface area contributed by atoms with Crippen LogP contribution in [0, 0.1) is 5.82 Å². The molecule has 176 valence electrons. The molecule has 10 heteroatoms. The van der Waals surface area contributed by atoms with E-state index in [-0.39, 0.29) is 24.5 Å². The molecular formula is C25H20FN5O4. The molecule has 0 unspecified atom stereocenters. The van der Waals surface area contributed by atoms with Gasteiger partial charge in [0.25, 0.3) is 5.91 Å². The summed E-state index contributed by atoms with van der Waals surface area (Å²) in [7, 11) is 0. The van der Waals surface area contributed by atoms with Gasteiger partial charge >= 0.3 is 0 Å². The summed E-state index contributed by atoms with van der Waals surface area (Å²) in [5.74, 6) is -1.13. The van der Waals surface area contributed by atoms with Crippen molar-refractivity contribution in [1.82, 2.24) is 20.3 Å². The van der Waals surface area contributed by atoms with Crippen LogP contribution in [-0.4, -0.2) is 26.8 Å². The minimum Gasteiger partial charge on any atom is -0.467 e. The first kappa shape index (κ1) is 22.1. The molecule has 0 aliphatic heterocycles. The predicted molar refractivity (Wildman–Crippen MR) is 123 cm³/mol. The number of anilines is 1. The van der Waals surface area contributed by atoms with E-state index in [1.807, 2.05) is 6.07 Å². The van der Waals surface area contributed by atoms with E-state index in [0.717, 1.165) is 4.90 Å². The van der Waals surface area contributed by atoms with Crippen LogP contribution in [0.4, 0.5) is 10.1 Å². The molecule has 2 amide bonds. The maximum atomic E-state index is 15.0. The monoisotopic (exact) mass is 473 g/mol. The van der Waals surface area contributed by atoms with E-state index in [9.17, 15) is 9.59 Å². The number of amides is 2. The largest absolute Gasteiger partial charge is 0.467 e. The number of carbonyl (C=O) groups is 2. The van der Waals surface area contributed by atoms with E-state index in [2.05, 4.69) is 15.6 Å². The number of para-hydroxylation sites is 2. The Morgan fingerprint density at radius 2 is 1.74 bits per heavy atom. The average molecular weight is 473 g/mol. The number of rotatable bonds is 8. The SMILES string of the molecule is O=C(NCc1ccco1)[C@H](c1ccco1)N(C(=O)Cn1nnc2ccccc21)c1ccccc1F. The average Bonchev–Trinajstić information content (AvgIpc) is 3.64. The molecule has 2 aromatic carbocycles. The number of benzene rings is 2. The van der Waals surface area contributed by atoms with E-state index in [0.29, 0.717) is 16.8 Å². The third-order valence-electron chi connectivity index (χ3n) is 5.42. The van der Waals surface area contributed by atoms with Crippen molar-refractivity contribution in [1.29, 1.82) is 0 Å². The van der Waals surface area contributed by atoms with Crippen LogP contribution in [0.2, 0.25) is 0 Å². The van der Waals surface area contributed by atoms with Gasteiger partial charge in [0.05, 0.1) is 30.3 Å². The first-order chi connectivity index (χ1) is 17.1. The molecule has 0 spiro atoms. The van der Waals surface area contributed by atoms with Gasteiger partial charge in [-0.25, -0.2) is 9.07 Å². The molecule has 5 aromatic rings. The minimum atomic E-state index is -1.29. The smallest absolute Gasteiger partial charge is 0.251 e. The molecule has 5 rings (SSSR count). The van der Waals surface area contributed by atoms with Gasteiger partial charge in [0, 0.05) is 0 Å². The van der Waals surface area contributed by atoms with E-state index in [1.165, 1.54) is 35.4 Å². The molecular weight excluding hydrogens is 453 g/mol. The summed E-state index contributed by atoms with van der Waals surface area (Å²) in [5.41, 5.74) is 1.17. The van der Waals surface area contributed by atoms with Gasteiger partial charge in [0.1, 0.15) is 29.4 Å². The third kappa shape index (κ3) is 4.54. The molecule has 0 saturated carbocycles. The molecule has 9 nitrogen and oxygen atoms in total. The summed E-state index contributed by atoms with van der Waals surface area (Å²) < 4.78 is 27.2. The van der Waals surface area contributed by atoms with Crippen LogP contribution in [0.25, 0.3) is 11.0 Å². The predicted octanol–water partition coefficient (Wildman–Crippen LogP) is 3.85. The zero-order valence-electron chi connectivity index (χ0n) is 18.4. The van der Waals surface area contributed by atoms with Crippen LogP contribution in [0.3, 0.4) is 0 Å². The van der Waals surface area contributed by atoms with Crippen molar-refractivity contribution in [2.24, 2.45) is 0 Å². The Morgan fingerprint density at radius 3 is 2.51 bits per heavy atom. The molecule has 3 aromatic heterocycles. The lowest BCUT2D eigenvalue weighted by Crippen LogP contribution is -2.45. The molecule has 0 aliphatic carbocycles. The summed E-state index contributed by atoms with van der Waals surface area (Å²) in [6, 6.07) is 18.2. The van der Waals surface area contributed by atoms with Gasteiger partial charge in [0.15, 0.2) is 6.04 Å². The lowest BCUT2D eigenvalue weighted by Gasteiger charge is -2.30. The molecule has 0 bridgehead atoms. The highest BCUT2D eigenvalue weighted by Crippen LogP contribution is 2.31. The number of nitrogens with one attached hydrogen (secondary N) is 1. The summed E-state index contributed by atoms with van der Waals surface area (Å²) >= 11 is 0. The fourth-order valence-electron chi connectivity index (χ4n) is 3.81. The van der Waals surface area contributed by atoms with E-state index < -0.39 is 23.7 Å². The van der Waals surface area contributed by atoms with Crippen LogP contribution in [0.1, 0.15) is 17.6 Å². The summed E-state index contributed by atoms with van der Waals surface area (Å²) in [6.07, 6.45) is 2.88. The van der Waals surface area contributed by atoms with Crippen molar-refractivity contribution in [3.63, 3.8) is 0 Å². The Balaban J connectivity index is 1.53. The number of furan rings is 2. The normalized spacial score (nSPS) is 11.9. The summed E-state index contributed by atoms with van der Waals surface area (Å²) in [6.45, 7) is -0.201. The zero-order chi connectivity index (χ0) is 24.2. The highest BCUT2D eigenvalue weighted by molar-refractivity contribution is 6.01. The highest BCUT2D eigenvalue weighted by atomic mass is 19.1. The fraction of sp³-hybridized carbons (Fsp3) is 0.120. The van der Waals surface area contributed by atoms with Gasteiger partial charge in [-0.2, -0.15) is 0 Å². The molecule has 0 radical (unpaired) electrons. The molecule has 1 N–H and O–H groups in total. The first-order valence-electron chi connectivity index (χ1n) is 10.8. The van der Waals surface area contributed by atoms with Gasteiger partial charge in [-0.05, 0) is 48.5 Å². The van der Waals surface area contributed by atoms with Gasteiger partial charge in [0.2, 0.25) is 5.91 Å². The van der Waals surface area contributed by atoms with Crippen molar-refractivity contribution in [2.75, 3.05) is 4.90 Å². The number of hydrogen-bond acceptors (Lipinski definition) is 6. The second-order valence-corrected chi connectivity index (χ2v) is 7.67. The topological polar surface area (TPSA) is 106 Å². The third-order valence-corrected chi connectivity index (χ3v) is 5.42. The van der Waals surface area contributed by atoms with Crippen molar-refractivity contribution in [3.05, 3.63) is 103 Å². The van der Waals surface area contributed by atoms with E-state index in [4.69, 9.17) is 8.83 Å². The van der Waals surface area contributed by atoms with Gasteiger partial charge in [-0.15, -0.1) is 5.10 Å². The Bertz CT molecular complexity index is 1450. The number of hydrogen-bond donors (Lipinski definition) is 1. The van der Waals surface area contributed by atoms with Gasteiger partial charge in [-0.1, -0.05) is 29.5 Å². The van der Waals surface area contributed by atoms with E-state index in [1.54, 1.807) is 48.5 Å². The van der Waals surface area contributed by atoms with Crippen LogP contribution < -0.4 is 10.2 Å². The Kier molecular flexibility index (Phi) is 6.08. The Hall–Kier alpha value is -4.73. The Morgan fingerprint density at radius 1 is 0.971 bits per heavy atom. The first-order valence-corrected chi connectivity index (χ1v) is 10.8. The van der Waals surface area contributed by atoms with Crippen molar-refractivity contribution in [2.45, 2.75) is 19.1 Å². The lowest BCUT2D eigenvalue weighted by atomic mass is 10.1. The van der Waals surface area contributed by atoms with Crippen LogP contribution in [0.15, 0.2) is 94.2 Å². The summed E-state index contributed by atoms with van der Waals surface area (Å²) in [5, 5.41) is 10.9. The molecule has 0 saturated heterocycles. The zero-order valence-corrected chi connectivity index (χ0v) is 18.4.